The van der Waals surface area contributed by atoms with E-state index in [4.69, 9.17) is 16.3 Å². The van der Waals surface area contributed by atoms with Crippen molar-refractivity contribution < 1.29 is 19.4 Å². The highest BCUT2D eigenvalue weighted by atomic mass is 35.5. The van der Waals surface area contributed by atoms with Gasteiger partial charge in [-0.15, -0.1) is 11.6 Å². The molecule has 0 fully saturated rings. The smallest absolute Gasteiger partial charge is 0.411 e. The summed E-state index contributed by atoms with van der Waals surface area (Å²) < 4.78 is 5.30. The van der Waals surface area contributed by atoms with Gasteiger partial charge in [-0.1, -0.05) is 13.3 Å². The zero-order chi connectivity index (χ0) is 15.8. The molecule has 0 aliphatic rings. The predicted molar refractivity (Wildman–Crippen MR) is 79.2 cm³/mol. The molecule has 5 nitrogen and oxygen atoms in total. The monoisotopic (exact) mass is 307 g/mol. The van der Waals surface area contributed by atoms with Crippen LogP contribution in [0.25, 0.3) is 0 Å². The van der Waals surface area contributed by atoms with Crippen LogP contribution in [0.1, 0.15) is 53.4 Å². The maximum atomic E-state index is 12.2. The van der Waals surface area contributed by atoms with Gasteiger partial charge in [0.05, 0.1) is 0 Å². The lowest BCUT2D eigenvalue weighted by atomic mass is 10.1. The van der Waals surface area contributed by atoms with Crippen molar-refractivity contribution in [2.24, 2.45) is 0 Å². The number of rotatable bonds is 8. The highest BCUT2D eigenvalue weighted by Crippen LogP contribution is 2.16. The number of amides is 1. The molecule has 118 valence electrons. The summed E-state index contributed by atoms with van der Waals surface area (Å²) in [5.74, 6) is -0.503. The summed E-state index contributed by atoms with van der Waals surface area (Å²) in [6, 6.07) is -0.842. The molecule has 0 aliphatic heterocycles. The lowest BCUT2D eigenvalue weighted by Crippen LogP contribution is -2.47. The maximum absolute atomic E-state index is 12.2. The minimum atomic E-state index is -0.997. The summed E-state index contributed by atoms with van der Waals surface area (Å²) in [6.45, 7) is 7.52. The Hall–Kier alpha value is -0.970. The van der Waals surface area contributed by atoms with Crippen LogP contribution < -0.4 is 0 Å². The van der Waals surface area contributed by atoms with E-state index < -0.39 is 23.7 Å². The average Bonchev–Trinajstić information content (AvgIpc) is 2.30. The van der Waals surface area contributed by atoms with Crippen LogP contribution in [-0.2, 0) is 9.53 Å². The van der Waals surface area contributed by atoms with Crippen molar-refractivity contribution in [2.45, 2.75) is 65.0 Å². The second kappa shape index (κ2) is 9.06. The van der Waals surface area contributed by atoms with Crippen molar-refractivity contribution in [3.05, 3.63) is 0 Å². The summed E-state index contributed by atoms with van der Waals surface area (Å²) >= 11 is 5.62. The fraction of sp³-hybridized carbons (Fsp3) is 0.857. The second-order valence-corrected chi connectivity index (χ2v) is 6.09. The molecule has 0 aromatic carbocycles. The van der Waals surface area contributed by atoms with E-state index in [0.29, 0.717) is 31.7 Å². The van der Waals surface area contributed by atoms with E-state index >= 15 is 0 Å². The van der Waals surface area contributed by atoms with Gasteiger partial charge in [0.25, 0.3) is 0 Å². The molecule has 0 rings (SSSR count). The number of ether oxygens (including phenoxy) is 1. The highest BCUT2D eigenvalue weighted by Gasteiger charge is 2.31. The van der Waals surface area contributed by atoms with Crippen LogP contribution in [0.15, 0.2) is 0 Å². The van der Waals surface area contributed by atoms with Crippen LogP contribution in [0, 0.1) is 0 Å². The number of unbranched alkanes of at least 4 members (excludes halogenated alkanes) is 1. The Labute approximate surface area is 126 Å². The van der Waals surface area contributed by atoms with Crippen LogP contribution in [0.3, 0.4) is 0 Å². The van der Waals surface area contributed by atoms with Crippen molar-refractivity contribution in [1.82, 2.24) is 4.90 Å². The number of carboxylic acid groups (broad SMARTS) is 1. The number of carbonyl (C=O) groups is 2. The normalized spacial score (nSPS) is 12.8. The lowest BCUT2D eigenvalue weighted by Gasteiger charge is -2.31. The van der Waals surface area contributed by atoms with E-state index in [9.17, 15) is 14.7 Å². The molecule has 0 aromatic rings. The molecule has 20 heavy (non-hydrogen) atoms. The molecule has 0 saturated carbocycles. The second-order valence-electron chi connectivity index (χ2n) is 5.71. The Balaban J connectivity index is 4.93. The highest BCUT2D eigenvalue weighted by molar-refractivity contribution is 6.17. The fourth-order valence-corrected chi connectivity index (χ4v) is 1.95. The Morgan fingerprint density at radius 3 is 2.30 bits per heavy atom. The summed E-state index contributed by atoms with van der Waals surface area (Å²) in [7, 11) is 0. The zero-order valence-corrected chi connectivity index (χ0v) is 13.6. The largest absolute Gasteiger partial charge is 0.480 e. The molecule has 0 aliphatic carbocycles. The van der Waals surface area contributed by atoms with E-state index in [1.165, 1.54) is 4.90 Å². The molecule has 1 amide bonds. The molecular weight excluding hydrogens is 282 g/mol. The van der Waals surface area contributed by atoms with E-state index in [-0.39, 0.29) is 0 Å². The van der Waals surface area contributed by atoms with Gasteiger partial charge in [-0.3, -0.25) is 4.90 Å². The molecule has 0 heterocycles. The minimum absolute atomic E-state index is 0.346. The van der Waals surface area contributed by atoms with E-state index in [0.717, 1.165) is 6.42 Å². The van der Waals surface area contributed by atoms with Crippen molar-refractivity contribution in [2.75, 3.05) is 12.4 Å². The van der Waals surface area contributed by atoms with Gasteiger partial charge in [0.1, 0.15) is 11.6 Å². The molecule has 6 heteroatoms. The van der Waals surface area contributed by atoms with E-state index in [1.54, 1.807) is 20.8 Å². The van der Waals surface area contributed by atoms with Crippen molar-refractivity contribution >= 4 is 23.7 Å². The fourth-order valence-electron chi connectivity index (χ4n) is 1.76. The van der Waals surface area contributed by atoms with Crippen LogP contribution >= 0.6 is 11.6 Å². The molecule has 0 spiro atoms. The predicted octanol–water partition coefficient (Wildman–Crippen LogP) is 3.50. The average molecular weight is 308 g/mol. The van der Waals surface area contributed by atoms with Crippen molar-refractivity contribution in [3.8, 4) is 0 Å². The Morgan fingerprint density at radius 2 is 1.90 bits per heavy atom. The van der Waals surface area contributed by atoms with Crippen molar-refractivity contribution in [1.29, 1.82) is 0 Å². The van der Waals surface area contributed by atoms with Crippen LogP contribution in [0.4, 0.5) is 4.79 Å². The van der Waals surface area contributed by atoms with Gasteiger partial charge in [0, 0.05) is 12.4 Å². The molecule has 0 saturated heterocycles. The van der Waals surface area contributed by atoms with Gasteiger partial charge in [-0.05, 0) is 40.0 Å². The summed E-state index contributed by atoms with van der Waals surface area (Å²) in [5, 5.41) is 9.30. The number of carbonyl (C=O) groups excluding carboxylic acids is 1. The Kier molecular flexibility index (Phi) is 8.62. The van der Waals surface area contributed by atoms with E-state index in [2.05, 4.69) is 0 Å². The van der Waals surface area contributed by atoms with Crippen LogP contribution in [-0.4, -0.2) is 46.1 Å². The minimum Gasteiger partial charge on any atom is -0.480 e. The van der Waals surface area contributed by atoms with Gasteiger partial charge in [0.2, 0.25) is 0 Å². The summed E-state index contributed by atoms with van der Waals surface area (Å²) in [6.07, 6.45) is 1.92. The molecule has 0 unspecified atom stereocenters. The Bertz CT molecular complexity index is 315. The van der Waals surface area contributed by atoms with Crippen LogP contribution in [0.5, 0.6) is 0 Å². The standard InChI is InChI=1S/C14H26ClNO4/c1-5-8-11(12(17)18)16(10-7-6-9-15)13(19)20-14(2,3)4/h11H,5-10H2,1-4H3,(H,17,18)/t11-/m0/s1. The molecular formula is C14H26ClNO4. The summed E-state index contributed by atoms with van der Waals surface area (Å²) in [5.41, 5.74) is -0.642. The van der Waals surface area contributed by atoms with E-state index in [1.807, 2.05) is 6.92 Å². The van der Waals surface area contributed by atoms with Gasteiger partial charge in [0.15, 0.2) is 0 Å². The number of aliphatic carboxylic acids is 1. The summed E-state index contributed by atoms with van der Waals surface area (Å²) in [4.78, 5) is 24.8. The SMILES string of the molecule is CCC[C@@H](C(=O)O)N(CCCCCl)C(=O)OC(C)(C)C. The third kappa shape index (κ3) is 7.58. The van der Waals surface area contributed by atoms with Crippen molar-refractivity contribution in [3.63, 3.8) is 0 Å². The number of carboxylic acids is 1. The maximum Gasteiger partial charge on any atom is 0.411 e. The third-order valence-corrected chi connectivity index (χ3v) is 2.90. The number of hydrogen-bond donors (Lipinski definition) is 1. The van der Waals surface area contributed by atoms with Gasteiger partial charge in [-0.2, -0.15) is 0 Å². The van der Waals surface area contributed by atoms with Gasteiger partial charge in [-0.25, -0.2) is 9.59 Å². The zero-order valence-electron chi connectivity index (χ0n) is 12.8. The topological polar surface area (TPSA) is 66.8 Å². The molecule has 0 aromatic heterocycles. The molecule has 1 atom stereocenters. The first kappa shape index (κ1) is 19.0. The van der Waals surface area contributed by atoms with Crippen LogP contribution in [0.2, 0.25) is 0 Å². The quantitative estimate of drug-likeness (QED) is 0.550. The van der Waals surface area contributed by atoms with Gasteiger partial charge < -0.3 is 9.84 Å². The number of hydrogen-bond acceptors (Lipinski definition) is 3. The van der Waals surface area contributed by atoms with Gasteiger partial charge >= 0.3 is 12.1 Å². The molecule has 1 N–H and O–H groups in total. The first-order chi connectivity index (χ1) is 9.22. The Morgan fingerprint density at radius 1 is 1.30 bits per heavy atom. The first-order valence-electron chi connectivity index (χ1n) is 7.01. The lowest BCUT2D eigenvalue weighted by molar-refractivity contribution is -0.143. The number of alkyl halides is 1. The third-order valence-electron chi connectivity index (χ3n) is 2.63. The molecule has 0 radical (unpaired) electrons. The first-order valence-corrected chi connectivity index (χ1v) is 7.54. The molecule has 0 bridgehead atoms. The number of nitrogens with zero attached hydrogens (tertiary/aromatic N) is 1. The number of halogens is 1.